The molecule has 0 atom stereocenters. The normalized spacial score (nSPS) is 10.9. The SMILES string of the molecule is COc1cc([N+](=O)[O-])ccc1S(=O)(=O)Nc1ccccc1-n1ncc(C#N)c1N. The predicted octanol–water partition coefficient (Wildman–Crippen LogP) is 2.04. The highest BCUT2D eigenvalue weighted by Gasteiger charge is 2.24. The van der Waals surface area contributed by atoms with Crippen LogP contribution in [0.5, 0.6) is 5.75 Å². The van der Waals surface area contributed by atoms with Crippen molar-refractivity contribution in [1.29, 1.82) is 5.26 Å². The van der Waals surface area contributed by atoms with Gasteiger partial charge in [-0.25, -0.2) is 13.1 Å². The summed E-state index contributed by atoms with van der Waals surface area (Å²) >= 11 is 0. The Morgan fingerprint density at radius 1 is 1.31 bits per heavy atom. The maximum atomic E-state index is 12.9. The van der Waals surface area contributed by atoms with Crippen molar-refractivity contribution in [3.63, 3.8) is 0 Å². The van der Waals surface area contributed by atoms with E-state index in [9.17, 15) is 18.5 Å². The lowest BCUT2D eigenvalue weighted by atomic mass is 10.2. The van der Waals surface area contributed by atoms with Crippen molar-refractivity contribution in [3.05, 3.63) is 64.3 Å². The number of sulfonamides is 1. The summed E-state index contributed by atoms with van der Waals surface area (Å²) in [4.78, 5) is 9.98. The number of hydrogen-bond acceptors (Lipinski definition) is 8. The second kappa shape index (κ2) is 7.49. The molecule has 12 heteroatoms. The van der Waals surface area contributed by atoms with Crippen molar-refractivity contribution in [2.45, 2.75) is 4.90 Å². The first kappa shape index (κ1) is 19.6. The second-order valence-electron chi connectivity index (χ2n) is 5.68. The molecule has 0 amide bonds. The molecular weight excluding hydrogens is 400 g/mol. The number of non-ortho nitro benzene ring substituents is 1. The van der Waals surface area contributed by atoms with E-state index in [2.05, 4.69) is 9.82 Å². The molecule has 11 nitrogen and oxygen atoms in total. The van der Waals surface area contributed by atoms with Crippen molar-refractivity contribution in [1.82, 2.24) is 9.78 Å². The van der Waals surface area contributed by atoms with Crippen molar-refractivity contribution in [3.8, 4) is 17.5 Å². The molecule has 0 aliphatic heterocycles. The van der Waals surface area contributed by atoms with E-state index in [0.717, 1.165) is 18.2 Å². The van der Waals surface area contributed by atoms with Gasteiger partial charge in [0.15, 0.2) is 0 Å². The van der Waals surface area contributed by atoms with Crippen LogP contribution in [0, 0.1) is 21.4 Å². The Labute approximate surface area is 165 Å². The number of para-hydroxylation sites is 2. The molecule has 29 heavy (non-hydrogen) atoms. The van der Waals surface area contributed by atoms with Crippen LogP contribution >= 0.6 is 0 Å². The molecule has 0 fully saturated rings. The van der Waals surface area contributed by atoms with Crippen LogP contribution in [-0.4, -0.2) is 30.2 Å². The number of rotatable bonds is 6. The smallest absolute Gasteiger partial charge is 0.273 e. The number of anilines is 2. The molecule has 2 aromatic carbocycles. The summed E-state index contributed by atoms with van der Waals surface area (Å²) in [7, 11) is -2.98. The van der Waals surface area contributed by atoms with Gasteiger partial charge in [0.2, 0.25) is 0 Å². The Morgan fingerprint density at radius 2 is 2.03 bits per heavy atom. The van der Waals surface area contributed by atoms with Gasteiger partial charge in [-0.05, 0) is 18.2 Å². The molecule has 1 aromatic heterocycles. The topological polar surface area (TPSA) is 166 Å². The first-order valence-electron chi connectivity index (χ1n) is 7.96. The summed E-state index contributed by atoms with van der Waals surface area (Å²) in [6.45, 7) is 0. The number of ether oxygens (including phenoxy) is 1. The van der Waals surface area contributed by atoms with Crippen molar-refractivity contribution < 1.29 is 18.1 Å². The number of nitro groups is 1. The number of nitrogens with one attached hydrogen (secondary N) is 1. The Kier molecular flexibility index (Phi) is 5.07. The molecule has 3 N–H and O–H groups in total. The van der Waals surface area contributed by atoms with Crippen LogP contribution in [-0.2, 0) is 10.0 Å². The lowest BCUT2D eigenvalue weighted by Crippen LogP contribution is -2.16. The van der Waals surface area contributed by atoms with Gasteiger partial charge < -0.3 is 10.5 Å². The molecule has 1 heterocycles. The van der Waals surface area contributed by atoms with E-state index in [1.54, 1.807) is 18.2 Å². The zero-order chi connectivity index (χ0) is 21.2. The van der Waals surface area contributed by atoms with Crippen molar-refractivity contribution in [2.24, 2.45) is 0 Å². The quantitative estimate of drug-likeness (QED) is 0.456. The number of nitriles is 1. The van der Waals surface area contributed by atoms with E-state index in [4.69, 9.17) is 15.7 Å². The number of nitrogen functional groups attached to an aromatic ring is 1. The maximum absolute atomic E-state index is 12.9. The van der Waals surface area contributed by atoms with Gasteiger partial charge >= 0.3 is 0 Å². The van der Waals surface area contributed by atoms with E-state index >= 15 is 0 Å². The highest BCUT2D eigenvalue weighted by Crippen LogP contribution is 2.31. The van der Waals surface area contributed by atoms with E-state index in [-0.39, 0.29) is 39.1 Å². The molecule has 0 aliphatic rings. The fourth-order valence-electron chi connectivity index (χ4n) is 2.57. The van der Waals surface area contributed by atoms with Crippen LogP contribution in [0.2, 0.25) is 0 Å². The van der Waals surface area contributed by atoms with Gasteiger partial charge in [0.1, 0.15) is 28.1 Å². The minimum absolute atomic E-state index is 0.0482. The third-order valence-corrected chi connectivity index (χ3v) is 5.36. The van der Waals surface area contributed by atoms with E-state index in [0.29, 0.717) is 0 Å². The number of aromatic nitrogens is 2. The Bertz CT molecular complexity index is 1250. The molecule has 0 radical (unpaired) electrons. The van der Waals surface area contributed by atoms with Crippen LogP contribution in [0.3, 0.4) is 0 Å². The number of nitrogens with two attached hydrogens (primary N) is 1. The fourth-order valence-corrected chi connectivity index (χ4v) is 3.80. The Hall–Kier alpha value is -4.11. The Balaban J connectivity index is 2.06. The average molecular weight is 414 g/mol. The number of methoxy groups -OCH3 is 1. The summed E-state index contributed by atoms with van der Waals surface area (Å²) in [5.41, 5.74) is 6.14. The van der Waals surface area contributed by atoms with Crippen molar-refractivity contribution >= 4 is 27.2 Å². The highest BCUT2D eigenvalue weighted by atomic mass is 32.2. The third-order valence-electron chi connectivity index (χ3n) is 3.95. The zero-order valence-electron chi connectivity index (χ0n) is 14.9. The fraction of sp³-hybridized carbons (Fsp3) is 0.0588. The molecule has 0 unspecified atom stereocenters. The number of hydrogen-bond donors (Lipinski definition) is 2. The van der Waals surface area contributed by atoms with Crippen LogP contribution in [0.4, 0.5) is 17.2 Å². The second-order valence-corrected chi connectivity index (χ2v) is 7.33. The van der Waals surface area contributed by atoms with Crippen LogP contribution in [0.25, 0.3) is 5.69 Å². The first-order chi connectivity index (χ1) is 13.8. The minimum Gasteiger partial charge on any atom is -0.495 e. The van der Waals surface area contributed by atoms with E-state index in [1.807, 2.05) is 6.07 Å². The van der Waals surface area contributed by atoms with Crippen LogP contribution in [0.1, 0.15) is 5.56 Å². The molecular formula is C17H14N6O5S. The van der Waals surface area contributed by atoms with Gasteiger partial charge in [-0.1, -0.05) is 12.1 Å². The molecule has 0 saturated heterocycles. The number of nitro benzene ring substituents is 1. The van der Waals surface area contributed by atoms with E-state index in [1.165, 1.54) is 24.1 Å². The van der Waals surface area contributed by atoms with Gasteiger partial charge in [0.25, 0.3) is 15.7 Å². The monoisotopic (exact) mass is 414 g/mol. The molecule has 0 saturated carbocycles. The number of benzene rings is 2. The lowest BCUT2D eigenvalue weighted by molar-refractivity contribution is -0.385. The molecule has 0 spiro atoms. The third kappa shape index (κ3) is 3.66. The minimum atomic E-state index is -4.19. The lowest BCUT2D eigenvalue weighted by Gasteiger charge is -2.15. The van der Waals surface area contributed by atoms with Gasteiger partial charge in [-0.3, -0.25) is 14.8 Å². The van der Waals surface area contributed by atoms with Crippen LogP contribution < -0.4 is 15.2 Å². The molecule has 0 aliphatic carbocycles. The highest BCUT2D eigenvalue weighted by molar-refractivity contribution is 7.92. The molecule has 3 aromatic rings. The largest absolute Gasteiger partial charge is 0.495 e. The standard InChI is InChI=1S/C17H14N6O5S/c1-28-15-8-12(23(24)25)6-7-16(15)29(26,27)21-13-4-2-3-5-14(13)22-17(19)11(9-18)10-20-22/h2-8,10,21H,19H2,1H3. The van der Waals surface area contributed by atoms with Gasteiger partial charge in [0, 0.05) is 6.07 Å². The summed E-state index contributed by atoms with van der Waals surface area (Å²) in [5, 5.41) is 24.0. The molecule has 148 valence electrons. The number of nitrogens with zero attached hydrogens (tertiary/aromatic N) is 4. The maximum Gasteiger partial charge on any atom is 0.273 e. The van der Waals surface area contributed by atoms with Gasteiger partial charge in [-0.15, -0.1) is 0 Å². The summed E-state index contributed by atoms with van der Waals surface area (Å²) in [6, 6.07) is 11.3. The van der Waals surface area contributed by atoms with Crippen LogP contribution in [0.15, 0.2) is 53.6 Å². The molecule has 3 rings (SSSR count). The van der Waals surface area contributed by atoms with Gasteiger partial charge in [-0.2, -0.15) is 10.4 Å². The zero-order valence-corrected chi connectivity index (χ0v) is 15.8. The summed E-state index contributed by atoms with van der Waals surface area (Å²) in [5.74, 6) is -0.137. The van der Waals surface area contributed by atoms with Crippen molar-refractivity contribution in [2.75, 3.05) is 17.6 Å². The summed E-state index contributed by atoms with van der Waals surface area (Å²) in [6.07, 6.45) is 1.26. The van der Waals surface area contributed by atoms with E-state index < -0.39 is 14.9 Å². The Morgan fingerprint density at radius 3 is 2.66 bits per heavy atom. The summed E-state index contributed by atoms with van der Waals surface area (Å²) < 4.78 is 34.5. The molecule has 0 bridgehead atoms. The predicted molar refractivity (Wildman–Crippen MR) is 103 cm³/mol. The average Bonchev–Trinajstić information content (AvgIpc) is 3.07. The first-order valence-corrected chi connectivity index (χ1v) is 9.45. The van der Waals surface area contributed by atoms with Gasteiger partial charge in [0.05, 0.1) is 35.7 Å².